The second kappa shape index (κ2) is 4.94. The van der Waals surface area contributed by atoms with Crippen LogP contribution in [0, 0.1) is 0 Å². The SMILES string of the molecule is COC1CCCC1NCC1CCC(=O)N1. The van der Waals surface area contributed by atoms with E-state index in [1.54, 1.807) is 7.11 Å². The average Bonchev–Trinajstić information content (AvgIpc) is 2.83. The lowest BCUT2D eigenvalue weighted by Crippen LogP contribution is -2.43. The first-order valence-electron chi connectivity index (χ1n) is 5.85. The van der Waals surface area contributed by atoms with Crippen LogP contribution in [0.15, 0.2) is 0 Å². The molecule has 1 amide bonds. The van der Waals surface area contributed by atoms with Crippen LogP contribution in [0.3, 0.4) is 0 Å². The fourth-order valence-corrected chi connectivity index (χ4v) is 2.57. The molecule has 2 fully saturated rings. The Kier molecular flexibility index (Phi) is 3.59. The second-order valence-corrected chi connectivity index (χ2v) is 4.52. The van der Waals surface area contributed by atoms with E-state index in [-0.39, 0.29) is 5.91 Å². The number of rotatable bonds is 4. The van der Waals surface area contributed by atoms with Crippen molar-refractivity contribution >= 4 is 5.91 Å². The van der Waals surface area contributed by atoms with Gasteiger partial charge in [-0.1, -0.05) is 0 Å². The number of amides is 1. The maximum Gasteiger partial charge on any atom is 0.220 e. The minimum atomic E-state index is 0.191. The first kappa shape index (κ1) is 10.9. The Hall–Kier alpha value is -0.610. The van der Waals surface area contributed by atoms with Gasteiger partial charge in [-0.15, -0.1) is 0 Å². The summed E-state index contributed by atoms with van der Waals surface area (Å²) >= 11 is 0. The molecule has 0 bridgehead atoms. The maximum atomic E-state index is 11.0. The smallest absolute Gasteiger partial charge is 0.220 e. The Morgan fingerprint density at radius 2 is 2.33 bits per heavy atom. The van der Waals surface area contributed by atoms with Gasteiger partial charge in [-0.05, 0) is 25.7 Å². The molecule has 1 saturated carbocycles. The predicted molar refractivity (Wildman–Crippen MR) is 57.6 cm³/mol. The highest BCUT2D eigenvalue weighted by Gasteiger charge is 2.28. The molecule has 0 spiro atoms. The van der Waals surface area contributed by atoms with Crippen molar-refractivity contribution in [2.24, 2.45) is 0 Å². The van der Waals surface area contributed by atoms with Crippen LogP contribution in [0.4, 0.5) is 0 Å². The van der Waals surface area contributed by atoms with Crippen LogP contribution in [0.25, 0.3) is 0 Å². The Morgan fingerprint density at radius 1 is 1.47 bits per heavy atom. The molecular weight excluding hydrogens is 192 g/mol. The molecule has 1 aliphatic carbocycles. The Bertz CT molecular complexity index is 233. The van der Waals surface area contributed by atoms with E-state index in [9.17, 15) is 4.79 Å². The van der Waals surface area contributed by atoms with Crippen molar-refractivity contribution in [3.05, 3.63) is 0 Å². The third-order valence-corrected chi connectivity index (χ3v) is 3.47. The van der Waals surface area contributed by atoms with Gasteiger partial charge in [0.2, 0.25) is 5.91 Å². The summed E-state index contributed by atoms with van der Waals surface area (Å²) in [4.78, 5) is 11.0. The van der Waals surface area contributed by atoms with Crippen LogP contribution in [0.1, 0.15) is 32.1 Å². The normalized spacial score (nSPS) is 35.8. The van der Waals surface area contributed by atoms with Crippen LogP contribution in [-0.4, -0.2) is 37.7 Å². The van der Waals surface area contributed by atoms with E-state index in [4.69, 9.17) is 4.74 Å². The van der Waals surface area contributed by atoms with E-state index < -0.39 is 0 Å². The van der Waals surface area contributed by atoms with E-state index in [0.29, 0.717) is 24.6 Å². The topological polar surface area (TPSA) is 50.4 Å². The lowest BCUT2D eigenvalue weighted by atomic mass is 10.2. The highest BCUT2D eigenvalue weighted by Crippen LogP contribution is 2.21. The van der Waals surface area contributed by atoms with Crippen molar-refractivity contribution in [1.82, 2.24) is 10.6 Å². The molecule has 0 radical (unpaired) electrons. The molecule has 1 heterocycles. The van der Waals surface area contributed by atoms with Gasteiger partial charge in [-0.25, -0.2) is 0 Å². The highest BCUT2D eigenvalue weighted by molar-refractivity contribution is 5.78. The highest BCUT2D eigenvalue weighted by atomic mass is 16.5. The minimum Gasteiger partial charge on any atom is -0.380 e. The van der Waals surface area contributed by atoms with Gasteiger partial charge in [0, 0.05) is 32.2 Å². The number of methoxy groups -OCH3 is 1. The van der Waals surface area contributed by atoms with Gasteiger partial charge >= 0.3 is 0 Å². The van der Waals surface area contributed by atoms with E-state index in [0.717, 1.165) is 19.4 Å². The third kappa shape index (κ3) is 2.69. The van der Waals surface area contributed by atoms with Crippen LogP contribution in [-0.2, 0) is 9.53 Å². The quantitative estimate of drug-likeness (QED) is 0.710. The van der Waals surface area contributed by atoms with E-state index in [1.165, 1.54) is 12.8 Å². The van der Waals surface area contributed by atoms with Gasteiger partial charge < -0.3 is 15.4 Å². The van der Waals surface area contributed by atoms with E-state index >= 15 is 0 Å². The summed E-state index contributed by atoms with van der Waals surface area (Å²) in [6.45, 7) is 0.885. The lowest BCUT2D eigenvalue weighted by Gasteiger charge is -2.21. The summed E-state index contributed by atoms with van der Waals surface area (Å²) in [5, 5.41) is 6.47. The summed E-state index contributed by atoms with van der Waals surface area (Å²) in [6, 6.07) is 0.808. The van der Waals surface area contributed by atoms with Gasteiger partial charge in [-0.3, -0.25) is 4.79 Å². The Labute approximate surface area is 90.8 Å². The molecule has 4 nitrogen and oxygen atoms in total. The van der Waals surface area contributed by atoms with Crippen molar-refractivity contribution in [3.8, 4) is 0 Å². The number of carbonyl (C=O) groups excluding carboxylic acids is 1. The molecular formula is C11H20N2O2. The summed E-state index contributed by atoms with van der Waals surface area (Å²) < 4.78 is 5.41. The fraction of sp³-hybridized carbons (Fsp3) is 0.909. The van der Waals surface area contributed by atoms with Gasteiger partial charge in [0.05, 0.1) is 6.10 Å². The molecule has 86 valence electrons. The number of ether oxygens (including phenoxy) is 1. The van der Waals surface area contributed by atoms with Gasteiger partial charge in [0.1, 0.15) is 0 Å². The maximum absolute atomic E-state index is 11.0. The molecule has 1 aliphatic heterocycles. The summed E-state index contributed by atoms with van der Waals surface area (Å²) in [6.07, 6.45) is 5.61. The molecule has 3 atom stereocenters. The predicted octanol–water partition coefficient (Wildman–Crippen LogP) is 0.422. The number of hydrogen-bond donors (Lipinski definition) is 2. The molecule has 0 aromatic rings. The van der Waals surface area contributed by atoms with Crippen molar-refractivity contribution in [2.45, 2.75) is 50.3 Å². The number of carbonyl (C=O) groups is 1. The standard InChI is InChI=1S/C11H20N2O2/c1-15-10-4-2-3-9(10)12-7-8-5-6-11(14)13-8/h8-10,12H,2-7H2,1H3,(H,13,14). The molecule has 1 saturated heterocycles. The number of hydrogen-bond acceptors (Lipinski definition) is 3. The average molecular weight is 212 g/mol. The summed E-state index contributed by atoms with van der Waals surface area (Å²) in [7, 11) is 1.78. The van der Waals surface area contributed by atoms with Crippen LogP contribution >= 0.6 is 0 Å². The second-order valence-electron chi connectivity index (χ2n) is 4.52. The molecule has 0 aromatic heterocycles. The van der Waals surface area contributed by atoms with Crippen LogP contribution in [0.2, 0.25) is 0 Å². The van der Waals surface area contributed by atoms with E-state index in [1.807, 2.05) is 0 Å². The molecule has 3 unspecified atom stereocenters. The lowest BCUT2D eigenvalue weighted by molar-refractivity contribution is -0.119. The zero-order valence-corrected chi connectivity index (χ0v) is 9.29. The van der Waals surface area contributed by atoms with Crippen molar-refractivity contribution in [2.75, 3.05) is 13.7 Å². The Morgan fingerprint density at radius 3 is 3.00 bits per heavy atom. The first-order valence-corrected chi connectivity index (χ1v) is 5.85. The van der Waals surface area contributed by atoms with Gasteiger partial charge in [0.25, 0.3) is 0 Å². The molecule has 15 heavy (non-hydrogen) atoms. The zero-order chi connectivity index (χ0) is 10.7. The van der Waals surface area contributed by atoms with Crippen LogP contribution < -0.4 is 10.6 Å². The van der Waals surface area contributed by atoms with E-state index in [2.05, 4.69) is 10.6 Å². The largest absolute Gasteiger partial charge is 0.380 e. The monoisotopic (exact) mass is 212 g/mol. The minimum absolute atomic E-state index is 0.191. The Balaban J connectivity index is 1.71. The van der Waals surface area contributed by atoms with Crippen LogP contribution in [0.5, 0.6) is 0 Å². The van der Waals surface area contributed by atoms with Crippen molar-refractivity contribution in [3.63, 3.8) is 0 Å². The summed E-state index contributed by atoms with van der Waals surface area (Å²) in [5.74, 6) is 0.191. The molecule has 0 aromatic carbocycles. The molecule has 2 N–H and O–H groups in total. The number of nitrogens with one attached hydrogen (secondary N) is 2. The zero-order valence-electron chi connectivity index (χ0n) is 9.29. The summed E-state index contributed by atoms with van der Waals surface area (Å²) in [5.41, 5.74) is 0. The fourth-order valence-electron chi connectivity index (χ4n) is 2.57. The molecule has 2 rings (SSSR count). The van der Waals surface area contributed by atoms with Crippen molar-refractivity contribution in [1.29, 1.82) is 0 Å². The third-order valence-electron chi connectivity index (χ3n) is 3.47. The van der Waals surface area contributed by atoms with Gasteiger partial charge in [0.15, 0.2) is 0 Å². The first-order chi connectivity index (χ1) is 7.29. The molecule has 4 heteroatoms. The molecule has 2 aliphatic rings. The van der Waals surface area contributed by atoms with Crippen molar-refractivity contribution < 1.29 is 9.53 Å². The van der Waals surface area contributed by atoms with Gasteiger partial charge in [-0.2, -0.15) is 0 Å².